The number of hydrogen-bond acceptors (Lipinski definition) is 4. The summed E-state index contributed by atoms with van der Waals surface area (Å²) in [5, 5.41) is 6.62. The molecule has 1 atom stereocenters. The van der Waals surface area contributed by atoms with Crippen LogP contribution in [0.2, 0.25) is 0 Å². The summed E-state index contributed by atoms with van der Waals surface area (Å²) >= 11 is 3.48. The van der Waals surface area contributed by atoms with E-state index in [1.54, 1.807) is 0 Å². The number of nitrogens with one attached hydrogen (secondary N) is 2. The molecule has 2 aromatic heterocycles. The lowest BCUT2D eigenvalue weighted by atomic mass is 10.2. The highest BCUT2D eigenvalue weighted by Gasteiger charge is 2.14. The number of guanidine groups is 1. The molecule has 0 amide bonds. The number of fused-ring (bicyclic) bond motifs is 1. The van der Waals surface area contributed by atoms with Crippen molar-refractivity contribution in [3.8, 4) is 0 Å². The van der Waals surface area contributed by atoms with Crippen molar-refractivity contribution < 1.29 is 9.47 Å². The number of nitrogens with zero attached hydrogens (tertiary/aromatic N) is 3. The van der Waals surface area contributed by atoms with Gasteiger partial charge in [-0.1, -0.05) is 0 Å². The lowest BCUT2D eigenvalue weighted by Gasteiger charge is -2.12. The third kappa shape index (κ3) is 6.48. The van der Waals surface area contributed by atoms with Gasteiger partial charge in [0.25, 0.3) is 0 Å². The third-order valence-electron chi connectivity index (χ3n) is 4.29. The third-order valence-corrected chi connectivity index (χ3v) is 4.76. The fraction of sp³-hybridized carbons (Fsp3) is 0.579. The second-order valence-corrected chi connectivity index (χ2v) is 7.45. The number of aliphatic imine (C=N–C) groups is 1. The first-order valence-electron chi connectivity index (χ1n) is 9.59. The van der Waals surface area contributed by atoms with Crippen LogP contribution in [0.3, 0.4) is 0 Å². The molecule has 2 N–H and O–H groups in total. The molecule has 0 saturated carbocycles. The van der Waals surface area contributed by atoms with E-state index >= 15 is 0 Å². The van der Waals surface area contributed by atoms with E-state index in [0.29, 0.717) is 19.3 Å². The van der Waals surface area contributed by atoms with E-state index in [2.05, 4.69) is 43.5 Å². The average molecular weight is 438 g/mol. The standard InChI is InChI=1S/C19H28BrN5O2/c1-2-21-19(22-8-4-9-26-14-17-5-3-10-27-17)23-11-16-13-25-12-15(20)6-7-18(25)24-16/h6-7,12-13,17H,2-5,8-11,14H2,1H3,(H2,21,22,23). The molecule has 1 aliphatic heterocycles. The topological polar surface area (TPSA) is 72.2 Å². The van der Waals surface area contributed by atoms with E-state index in [1.807, 2.05) is 28.9 Å². The van der Waals surface area contributed by atoms with E-state index in [0.717, 1.165) is 67.3 Å². The second-order valence-electron chi connectivity index (χ2n) is 6.53. The first-order chi connectivity index (χ1) is 13.2. The van der Waals surface area contributed by atoms with Gasteiger partial charge in [0, 0.05) is 43.2 Å². The molecule has 0 radical (unpaired) electrons. The van der Waals surface area contributed by atoms with Crippen LogP contribution in [0.15, 0.2) is 34.0 Å². The monoisotopic (exact) mass is 437 g/mol. The molecule has 1 unspecified atom stereocenters. The molecular formula is C19H28BrN5O2. The smallest absolute Gasteiger partial charge is 0.191 e. The van der Waals surface area contributed by atoms with Crippen LogP contribution in [0.5, 0.6) is 0 Å². The lowest BCUT2D eigenvalue weighted by molar-refractivity contribution is 0.0168. The Kier molecular flexibility index (Phi) is 7.92. The summed E-state index contributed by atoms with van der Waals surface area (Å²) < 4.78 is 14.3. The van der Waals surface area contributed by atoms with Crippen molar-refractivity contribution in [2.24, 2.45) is 4.99 Å². The Morgan fingerprint density at radius 3 is 3.15 bits per heavy atom. The maximum atomic E-state index is 5.69. The molecule has 0 bridgehead atoms. The zero-order valence-corrected chi connectivity index (χ0v) is 17.4. The molecule has 0 aliphatic carbocycles. The summed E-state index contributed by atoms with van der Waals surface area (Å²) in [6.07, 6.45) is 7.50. The van der Waals surface area contributed by atoms with Crippen molar-refractivity contribution >= 4 is 27.5 Å². The van der Waals surface area contributed by atoms with Gasteiger partial charge in [-0.15, -0.1) is 0 Å². The van der Waals surface area contributed by atoms with Crippen LogP contribution in [0.25, 0.3) is 5.65 Å². The van der Waals surface area contributed by atoms with Crippen LogP contribution in [-0.4, -0.2) is 54.4 Å². The van der Waals surface area contributed by atoms with Crippen LogP contribution < -0.4 is 10.6 Å². The van der Waals surface area contributed by atoms with Crippen LogP contribution in [0.4, 0.5) is 0 Å². The normalized spacial score (nSPS) is 17.6. The van der Waals surface area contributed by atoms with E-state index in [4.69, 9.17) is 9.47 Å². The summed E-state index contributed by atoms with van der Waals surface area (Å²) in [7, 11) is 0. The van der Waals surface area contributed by atoms with Crippen LogP contribution in [0, 0.1) is 0 Å². The minimum Gasteiger partial charge on any atom is -0.379 e. The van der Waals surface area contributed by atoms with Gasteiger partial charge in [-0.3, -0.25) is 0 Å². The molecule has 1 saturated heterocycles. The van der Waals surface area contributed by atoms with E-state index in [-0.39, 0.29) is 0 Å². The highest BCUT2D eigenvalue weighted by atomic mass is 79.9. The molecule has 3 rings (SSSR count). The number of pyridine rings is 1. The molecule has 1 aliphatic rings. The number of hydrogen-bond donors (Lipinski definition) is 2. The zero-order valence-electron chi connectivity index (χ0n) is 15.8. The van der Waals surface area contributed by atoms with Crippen molar-refractivity contribution in [2.45, 2.75) is 38.8 Å². The van der Waals surface area contributed by atoms with Gasteiger partial charge in [-0.25, -0.2) is 9.98 Å². The molecule has 2 aromatic rings. The minimum atomic E-state index is 0.294. The van der Waals surface area contributed by atoms with E-state index in [9.17, 15) is 0 Å². The minimum absolute atomic E-state index is 0.294. The summed E-state index contributed by atoms with van der Waals surface area (Å²) in [6.45, 7) is 6.54. The quantitative estimate of drug-likeness (QED) is 0.358. The lowest BCUT2D eigenvalue weighted by Crippen LogP contribution is -2.38. The van der Waals surface area contributed by atoms with Gasteiger partial charge in [0.2, 0.25) is 0 Å². The number of aromatic nitrogens is 2. The van der Waals surface area contributed by atoms with Crippen molar-refractivity contribution in [2.75, 3.05) is 32.9 Å². The molecule has 8 heteroatoms. The number of rotatable bonds is 9. The molecular weight excluding hydrogens is 410 g/mol. The SMILES string of the molecule is CCNC(=NCc1cn2cc(Br)ccc2n1)NCCCOCC1CCCO1. The largest absolute Gasteiger partial charge is 0.379 e. The first-order valence-corrected chi connectivity index (χ1v) is 10.4. The molecule has 1 fully saturated rings. The maximum absolute atomic E-state index is 5.69. The molecule has 7 nitrogen and oxygen atoms in total. The second kappa shape index (κ2) is 10.6. The van der Waals surface area contributed by atoms with Crippen LogP contribution in [0.1, 0.15) is 31.9 Å². The summed E-state index contributed by atoms with van der Waals surface area (Å²) in [5.41, 5.74) is 1.86. The van der Waals surface area contributed by atoms with E-state index < -0.39 is 0 Å². The van der Waals surface area contributed by atoms with Gasteiger partial charge < -0.3 is 24.5 Å². The van der Waals surface area contributed by atoms with Crippen molar-refractivity contribution in [1.82, 2.24) is 20.0 Å². The summed E-state index contributed by atoms with van der Waals surface area (Å²) in [6, 6.07) is 3.97. The van der Waals surface area contributed by atoms with Crippen molar-refractivity contribution in [3.05, 3.63) is 34.7 Å². The average Bonchev–Trinajstić information content (AvgIpc) is 3.31. The molecule has 148 valence electrons. The van der Waals surface area contributed by atoms with Gasteiger partial charge in [-0.05, 0) is 54.2 Å². The summed E-state index contributed by atoms with van der Waals surface area (Å²) in [4.78, 5) is 9.22. The van der Waals surface area contributed by atoms with E-state index in [1.165, 1.54) is 0 Å². The Labute approximate surface area is 168 Å². The van der Waals surface area contributed by atoms with Gasteiger partial charge in [0.1, 0.15) is 5.65 Å². The first kappa shape index (κ1) is 20.1. The fourth-order valence-corrected chi connectivity index (χ4v) is 3.32. The predicted molar refractivity (Wildman–Crippen MR) is 110 cm³/mol. The maximum Gasteiger partial charge on any atom is 0.191 e. The number of halogens is 1. The number of imidazole rings is 1. The predicted octanol–water partition coefficient (Wildman–Crippen LogP) is 2.74. The Hall–Kier alpha value is -1.64. The zero-order chi connectivity index (χ0) is 18.9. The van der Waals surface area contributed by atoms with Crippen molar-refractivity contribution in [1.29, 1.82) is 0 Å². The Morgan fingerprint density at radius 2 is 2.33 bits per heavy atom. The molecule has 0 aromatic carbocycles. The van der Waals surface area contributed by atoms with Gasteiger partial charge in [-0.2, -0.15) is 0 Å². The molecule has 0 spiro atoms. The summed E-state index contributed by atoms with van der Waals surface area (Å²) in [5.74, 6) is 0.801. The van der Waals surface area contributed by atoms with Gasteiger partial charge in [0.05, 0.1) is 24.9 Å². The highest BCUT2D eigenvalue weighted by Crippen LogP contribution is 2.13. The van der Waals surface area contributed by atoms with Gasteiger partial charge in [0.15, 0.2) is 5.96 Å². The van der Waals surface area contributed by atoms with Crippen LogP contribution in [-0.2, 0) is 16.0 Å². The van der Waals surface area contributed by atoms with Crippen LogP contribution >= 0.6 is 15.9 Å². The fourth-order valence-electron chi connectivity index (χ4n) is 2.97. The Morgan fingerprint density at radius 1 is 1.41 bits per heavy atom. The Bertz CT molecular complexity index is 743. The Balaban J connectivity index is 1.41. The molecule has 3 heterocycles. The molecule has 27 heavy (non-hydrogen) atoms. The van der Waals surface area contributed by atoms with Gasteiger partial charge >= 0.3 is 0 Å². The highest BCUT2D eigenvalue weighted by molar-refractivity contribution is 9.10. The number of ether oxygens (including phenoxy) is 2. The van der Waals surface area contributed by atoms with Crippen molar-refractivity contribution in [3.63, 3.8) is 0 Å².